The van der Waals surface area contributed by atoms with Crippen LogP contribution in [0.25, 0.3) is 0 Å². The Labute approximate surface area is 181 Å². The maximum atomic E-state index is 13.1. The van der Waals surface area contributed by atoms with E-state index in [-0.39, 0.29) is 31.8 Å². The largest absolute Gasteiger partial charge is 0.417 e. The molecule has 1 amide bonds. The molecule has 12 heteroatoms. The predicted octanol–water partition coefficient (Wildman–Crippen LogP) is 4.47. The summed E-state index contributed by atoms with van der Waals surface area (Å²) in [5, 5.41) is 2.68. The fourth-order valence-electron chi connectivity index (χ4n) is 3.12. The average molecular weight is 482 g/mol. The molecule has 164 valence electrons. The number of piperidine rings is 1. The molecule has 1 saturated heterocycles. The Kier molecular flexibility index (Phi) is 6.47. The number of rotatable bonds is 4. The first-order valence-corrected chi connectivity index (χ1v) is 11.6. The summed E-state index contributed by atoms with van der Waals surface area (Å²) in [6.07, 6.45) is -4.25. The molecule has 1 N–H and O–H groups in total. The highest BCUT2D eigenvalue weighted by Crippen LogP contribution is 2.37. The molecule has 6 nitrogen and oxygen atoms in total. The maximum absolute atomic E-state index is 13.1. The molecule has 0 saturated carbocycles. The molecule has 0 bridgehead atoms. The molecule has 30 heavy (non-hydrogen) atoms. The van der Waals surface area contributed by atoms with Gasteiger partial charge in [-0.3, -0.25) is 4.79 Å². The SMILES string of the molecule is Cc1nc(NC(=O)C2CCN(S(=O)(=O)c3ccc(Cl)c(C(F)(F)F)c3)CC2)sc1C. The Morgan fingerprint density at radius 1 is 1.27 bits per heavy atom. The third kappa shape index (κ3) is 4.79. The van der Waals surface area contributed by atoms with Crippen LogP contribution in [0.5, 0.6) is 0 Å². The predicted molar refractivity (Wildman–Crippen MR) is 108 cm³/mol. The number of hydrogen-bond acceptors (Lipinski definition) is 5. The minimum Gasteiger partial charge on any atom is -0.302 e. The lowest BCUT2D eigenvalue weighted by molar-refractivity contribution is -0.137. The zero-order valence-electron chi connectivity index (χ0n) is 16.1. The number of amides is 1. The summed E-state index contributed by atoms with van der Waals surface area (Å²) in [6, 6.07) is 2.53. The highest BCUT2D eigenvalue weighted by molar-refractivity contribution is 7.89. The molecule has 1 aliphatic heterocycles. The smallest absolute Gasteiger partial charge is 0.302 e. The number of anilines is 1. The number of aryl methyl sites for hydroxylation is 2. The van der Waals surface area contributed by atoms with Crippen LogP contribution in [0.3, 0.4) is 0 Å². The number of nitrogens with one attached hydrogen (secondary N) is 1. The Morgan fingerprint density at radius 3 is 2.43 bits per heavy atom. The van der Waals surface area contributed by atoms with Gasteiger partial charge in [-0.05, 0) is 44.9 Å². The second-order valence-corrected chi connectivity index (χ2v) is 10.5. The molecule has 0 atom stereocenters. The summed E-state index contributed by atoms with van der Waals surface area (Å²) >= 11 is 6.93. The normalized spacial score (nSPS) is 16.6. The van der Waals surface area contributed by atoms with Gasteiger partial charge in [-0.25, -0.2) is 13.4 Å². The van der Waals surface area contributed by atoms with Crippen LogP contribution in [0.15, 0.2) is 23.1 Å². The van der Waals surface area contributed by atoms with Gasteiger partial charge < -0.3 is 5.32 Å². The van der Waals surface area contributed by atoms with Crippen molar-refractivity contribution in [3.63, 3.8) is 0 Å². The molecule has 0 radical (unpaired) electrons. The van der Waals surface area contributed by atoms with Gasteiger partial charge in [0, 0.05) is 23.9 Å². The van der Waals surface area contributed by atoms with Gasteiger partial charge >= 0.3 is 6.18 Å². The van der Waals surface area contributed by atoms with E-state index in [1.54, 1.807) is 0 Å². The highest BCUT2D eigenvalue weighted by atomic mass is 35.5. The molecule has 3 rings (SSSR count). The number of aromatic nitrogens is 1. The van der Waals surface area contributed by atoms with E-state index in [0.717, 1.165) is 27.0 Å². The van der Waals surface area contributed by atoms with E-state index in [1.165, 1.54) is 11.3 Å². The topological polar surface area (TPSA) is 79.4 Å². The second-order valence-electron chi connectivity index (χ2n) is 6.97. The molecule has 1 aromatic heterocycles. The molecule has 0 spiro atoms. The fourth-order valence-corrected chi connectivity index (χ4v) is 5.66. The van der Waals surface area contributed by atoms with Crippen LogP contribution in [0, 0.1) is 19.8 Å². The second kappa shape index (κ2) is 8.45. The summed E-state index contributed by atoms with van der Waals surface area (Å²) in [5.74, 6) is -0.649. The standard InChI is InChI=1S/C18H19ClF3N3O3S2/c1-10-11(2)29-17(23-10)24-16(26)12-5-7-25(8-6-12)30(27,28)13-3-4-15(19)14(9-13)18(20,21)22/h3-4,9,12H,5-8H2,1-2H3,(H,23,24,26). The molecular formula is C18H19ClF3N3O3S2. The highest BCUT2D eigenvalue weighted by Gasteiger charge is 2.37. The minimum atomic E-state index is -4.76. The summed E-state index contributed by atoms with van der Waals surface area (Å²) in [4.78, 5) is 17.2. The zero-order valence-corrected chi connectivity index (χ0v) is 18.5. The van der Waals surface area contributed by atoms with Crippen molar-refractivity contribution in [3.8, 4) is 0 Å². The van der Waals surface area contributed by atoms with Gasteiger partial charge in [-0.2, -0.15) is 17.5 Å². The van der Waals surface area contributed by atoms with Crippen molar-refractivity contribution in [2.24, 2.45) is 5.92 Å². The number of alkyl halides is 3. The average Bonchev–Trinajstić information content (AvgIpc) is 2.98. The number of carbonyl (C=O) groups excluding carboxylic acids is 1. The van der Waals surface area contributed by atoms with Crippen molar-refractivity contribution in [3.05, 3.63) is 39.4 Å². The van der Waals surface area contributed by atoms with Crippen LogP contribution in [-0.2, 0) is 21.0 Å². The van der Waals surface area contributed by atoms with E-state index in [4.69, 9.17) is 11.6 Å². The van der Waals surface area contributed by atoms with E-state index in [0.29, 0.717) is 11.2 Å². The summed E-state index contributed by atoms with van der Waals surface area (Å²) in [5.41, 5.74) is -0.369. The van der Waals surface area contributed by atoms with Crippen molar-refractivity contribution >= 4 is 44.0 Å². The molecule has 0 unspecified atom stereocenters. The lowest BCUT2D eigenvalue weighted by Gasteiger charge is -2.30. The first-order chi connectivity index (χ1) is 13.9. The number of sulfonamides is 1. The quantitative estimate of drug-likeness (QED) is 0.698. The first-order valence-electron chi connectivity index (χ1n) is 9.01. The molecule has 0 aliphatic carbocycles. The zero-order chi connectivity index (χ0) is 22.3. The molecule has 1 fully saturated rings. The van der Waals surface area contributed by atoms with Crippen molar-refractivity contribution in [1.82, 2.24) is 9.29 Å². The van der Waals surface area contributed by atoms with E-state index >= 15 is 0 Å². The molecule has 1 aromatic carbocycles. The lowest BCUT2D eigenvalue weighted by atomic mass is 9.97. The summed E-state index contributed by atoms with van der Waals surface area (Å²) in [6.45, 7) is 3.79. The molecular weight excluding hydrogens is 463 g/mol. The number of nitrogens with zero attached hydrogens (tertiary/aromatic N) is 2. The maximum Gasteiger partial charge on any atom is 0.417 e. The summed E-state index contributed by atoms with van der Waals surface area (Å²) < 4.78 is 65.9. The van der Waals surface area contributed by atoms with Gasteiger partial charge in [0.15, 0.2) is 5.13 Å². The molecule has 1 aliphatic rings. The minimum absolute atomic E-state index is 0.0281. The van der Waals surface area contributed by atoms with Crippen LogP contribution < -0.4 is 5.32 Å². The van der Waals surface area contributed by atoms with Gasteiger partial charge in [0.05, 0.1) is 21.2 Å². The number of benzene rings is 1. The Hall–Kier alpha value is -1.69. The first kappa shape index (κ1) is 23.0. The van der Waals surface area contributed by atoms with Crippen molar-refractivity contribution < 1.29 is 26.4 Å². The number of carbonyl (C=O) groups is 1. The lowest BCUT2D eigenvalue weighted by Crippen LogP contribution is -2.41. The van der Waals surface area contributed by atoms with Gasteiger partial charge in [0.25, 0.3) is 0 Å². The van der Waals surface area contributed by atoms with Crippen molar-refractivity contribution in [1.29, 1.82) is 0 Å². The number of halogens is 4. The van der Waals surface area contributed by atoms with Crippen molar-refractivity contribution in [2.45, 2.75) is 37.8 Å². The van der Waals surface area contributed by atoms with Gasteiger partial charge in [-0.1, -0.05) is 11.6 Å². The third-order valence-corrected chi connectivity index (χ3v) is 8.18. The number of hydrogen-bond donors (Lipinski definition) is 1. The Balaban J connectivity index is 1.69. The summed E-state index contributed by atoms with van der Waals surface area (Å²) in [7, 11) is -4.14. The van der Waals surface area contributed by atoms with E-state index in [9.17, 15) is 26.4 Å². The van der Waals surface area contributed by atoms with E-state index in [2.05, 4.69) is 10.3 Å². The fraction of sp³-hybridized carbons (Fsp3) is 0.444. The van der Waals surface area contributed by atoms with Crippen LogP contribution in [0.2, 0.25) is 5.02 Å². The molecule has 2 aromatic rings. The Morgan fingerprint density at radius 2 is 1.90 bits per heavy atom. The Bertz CT molecular complexity index is 1040. The van der Waals surface area contributed by atoms with Gasteiger partial charge in [0.2, 0.25) is 15.9 Å². The van der Waals surface area contributed by atoms with Gasteiger partial charge in [-0.15, -0.1) is 11.3 Å². The third-order valence-electron chi connectivity index (χ3n) is 4.96. The monoisotopic (exact) mass is 481 g/mol. The van der Waals surface area contributed by atoms with E-state index in [1.807, 2.05) is 13.8 Å². The van der Waals surface area contributed by atoms with Crippen LogP contribution >= 0.6 is 22.9 Å². The molecule has 2 heterocycles. The number of thiazole rings is 1. The van der Waals surface area contributed by atoms with Crippen molar-refractivity contribution in [2.75, 3.05) is 18.4 Å². The van der Waals surface area contributed by atoms with E-state index < -0.39 is 37.6 Å². The van der Waals surface area contributed by atoms with Crippen LogP contribution in [0.4, 0.5) is 18.3 Å². The van der Waals surface area contributed by atoms with Crippen LogP contribution in [0.1, 0.15) is 29.0 Å². The van der Waals surface area contributed by atoms with Crippen LogP contribution in [-0.4, -0.2) is 36.7 Å². The van der Waals surface area contributed by atoms with Gasteiger partial charge in [0.1, 0.15) is 0 Å².